The Morgan fingerprint density at radius 1 is 1.25 bits per heavy atom. The second-order valence-corrected chi connectivity index (χ2v) is 4.97. The van der Waals surface area contributed by atoms with Crippen molar-refractivity contribution in [1.82, 2.24) is 20.4 Å². The number of nitrogens with one attached hydrogen (secondary N) is 1. The molecule has 1 aliphatic rings. The zero-order valence-corrected chi connectivity index (χ0v) is 11.5. The summed E-state index contributed by atoms with van der Waals surface area (Å²) in [5, 5.41) is 7.53. The van der Waals surface area contributed by atoms with Crippen molar-refractivity contribution in [3.8, 4) is 11.4 Å². The average molecular weight is 274 g/mol. The van der Waals surface area contributed by atoms with Crippen LogP contribution in [0.5, 0.6) is 0 Å². The Morgan fingerprint density at radius 3 is 2.75 bits per heavy atom. The molecule has 2 aromatic heterocycles. The van der Waals surface area contributed by atoms with Gasteiger partial charge in [0, 0.05) is 37.2 Å². The van der Waals surface area contributed by atoms with E-state index in [1.165, 1.54) is 0 Å². The van der Waals surface area contributed by atoms with Gasteiger partial charge in [0.1, 0.15) is 0 Å². The molecule has 1 aliphatic heterocycles. The predicted molar refractivity (Wildman–Crippen MR) is 72.9 cm³/mol. The molecule has 0 saturated carbocycles. The van der Waals surface area contributed by atoms with Crippen LogP contribution in [-0.2, 0) is 4.74 Å². The highest BCUT2D eigenvalue weighted by molar-refractivity contribution is 5.52. The molecule has 1 fully saturated rings. The highest BCUT2D eigenvalue weighted by Gasteiger charge is 2.20. The molecule has 0 amide bonds. The van der Waals surface area contributed by atoms with Crippen LogP contribution in [0.3, 0.4) is 0 Å². The maximum Gasteiger partial charge on any atom is 0.243 e. The summed E-state index contributed by atoms with van der Waals surface area (Å²) in [6.45, 7) is 3.67. The van der Waals surface area contributed by atoms with E-state index >= 15 is 0 Å². The van der Waals surface area contributed by atoms with Crippen LogP contribution in [0.15, 0.2) is 29.0 Å². The number of ether oxygens (including phenoxy) is 1. The number of hydrogen-bond acceptors (Lipinski definition) is 6. The summed E-state index contributed by atoms with van der Waals surface area (Å²) in [6, 6.07) is 4.23. The summed E-state index contributed by atoms with van der Waals surface area (Å²) < 4.78 is 10.7. The third-order valence-corrected chi connectivity index (χ3v) is 3.46. The molecule has 0 radical (unpaired) electrons. The van der Waals surface area contributed by atoms with E-state index in [4.69, 9.17) is 9.26 Å². The van der Waals surface area contributed by atoms with Crippen molar-refractivity contribution in [2.45, 2.75) is 31.8 Å². The van der Waals surface area contributed by atoms with Crippen LogP contribution in [0, 0.1) is 0 Å². The Morgan fingerprint density at radius 2 is 2.00 bits per heavy atom. The lowest BCUT2D eigenvalue weighted by molar-refractivity contribution is 0.0742. The number of pyridine rings is 1. The number of aromatic nitrogens is 3. The van der Waals surface area contributed by atoms with Gasteiger partial charge in [0.2, 0.25) is 11.7 Å². The third kappa shape index (κ3) is 3.02. The molecule has 6 heteroatoms. The molecule has 20 heavy (non-hydrogen) atoms. The van der Waals surface area contributed by atoms with E-state index in [1.54, 1.807) is 12.4 Å². The Hall–Kier alpha value is -1.79. The van der Waals surface area contributed by atoms with Crippen molar-refractivity contribution in [1.29, 1.82) is 0 Å². The summed E-state index contributed by atoms with van der Waals surface area (Å²) in [5.74, 6) is 1.21. The number of rotatable bonds is 4. The van der Waals surface area contributed by atoms with Gasteiger partial charge >= 0.3 is 0 Å². The zero-order chi connectivity index (χ0) is 13.8. The lowest BCUT2D eigenvalue weighted by Gasteiger charge is -2.25. The molecule has 2 aromatic rings. The third-order valence-electron chi connectivity index (χ3n) is 3.46. The molecule has 0 bridgehead atoms. The van der Waals surface area contributed by atoms with Crippen molar-refractivity contribution in [2.24, 2.45) is 0 Å². The first kappa shape index (κ1) is 13.2. The van der Waals surface area contributed by atoms with Crippen LogP contribution in [0.1, 0.15) is 31.7 Å². The number of nitrogens with zero attached hydrogens (tertiary/aromatic N) is 3. The first-order valence-electron chi connectivity index (χ1n) is 6.91. The van der Waals surface area contributed by atoms with Gasteiger partial charge in [0.15, 0.2) is 0 Å². The second kappa shape index (κ2) is 6.11. The van der Waals surface area contributed by atoms with Gasteiger partial charge in [-0.05, 0) is 31.9 Å². The molecular weight excluding hydrogens is 256 g/mol. The van der Waals surface area contributed by atoms with Crippen LogP contribution in [-0.4, -0.2) is 34.4 Å². The minimum atomic E-state index is 0.0428. The average Bonchev–Trinajstić information content (AvgIpc) is 2.99. The van der Waals surface area contributed by atoms with E-state index in [0.717, 1.165) is 31.6 Å². The number of hydrogen-bond donors (Lipinski definition) is 1. The minimum Gasteiger partial charge on any atom is -0.381 e. The molecule has 0 unspecified atom stereocenters. The van der Waals surface area contributed by atoms with Gasteiger partial charge in [0.05, 0.1) is 6.04 Å². The molecule has 106 valence electrons. The van der Waals surface area contributed by atoms with Gasteiger partial charge in [-0.15, -0.1) is 0 Å². The summed E-state index contributed by atoms with van der Waals surface area (Å²) >= 11 is 0. The Balaban J connectivity index is 1.66. The van der Waals surface area contributed by atoms with Gasteiger partial charge in [-0.3, -0.25) is 4.98 Å². The fourth-order valence-electron chi connectivity index (χ4n) is 2.32. The Labute approximate surface area is 117 Å². The fourth-order valence-corrected chi connectivity index (χ4v) is 2.32. The summed E-state index contributed by atoms with van der Waals surface area (Å²) in [5.41, 5.74) is 0.910. The van der Waals surface area contributed by atoms with E-state index in [9.17, 15) is 0 Å². The van der Waals surface area contributed by atoms with Crippen LogP contribution in [0.25, 0.3) is 11.4 Å². The zero-order valence-electron chi connectivity index (χ0n) is 11.5. The van der Waals surface area contributed by atoms with E-state index in [2.05, 4.69) is 20.4 Å². The molecule has 1 saturated heterocycles. The van der Waals surface area contributed by atoms with Gasteiger partial charge in [-0.25, -0.2) is 0 Å². The monoisotopic (exact) mass is 274 g/mol. The van der Waals surface area contributed by atoms with Gasteiger partial charge in [-0.2, -0.15) is 4.98 Å². The lowest BCUT2D eigenvalue weighted by Crippen LogP contribution is -2.36. The second-order valence-electron chi connectivity index (χ2n) is 4.97. The SMILES string of the molecule is C[C@H](NC1CCOCC1)c1nc(-c2ccncc2)no1. The molecule has 1 atom stereocenters. The standard InChI is InChI=1S/C14H18N4O2/c1-10(16-12-4-8-19-9-5-12)14-17-13(18-20-14)11-2-6-15-7-3-11/h2-3,6-7,10,12,16H,4-5,8-9H2,1H3/t10-/m0/s1. The molecule has 3 heterocycles. The first-order valence-corrected chi connectivity index (χ1v) is 6.91. The first-order chi connectivity index (χ1) is 9.83. The van der Waals surface area contributed by atoms with E-state index in [1.807, 2.05) is 19.1 Å². The molecule has 0 aromatic carbocycles. The van der Waals surface area contributed by atoms with E-state index in [0.29, 0.717) is 17.8 Å². The van der Waals surface area contributed by atoms with Crippen LogP contribution >= 0.6 is 0 Å². The van der Waals surface area contributed by atoms with Crippen LogP contribution in [0.4, 0.5) is 0 Å². The minimum absolute atomic E-state index is 0.0428. The normalized spacial score (nSPS) is 18.1. The highest BCUT2D eigenvalue weighted by atomic mass is 16.5. The molecular formula is C14H18N4O2. The topological polar surface area (TPSA) is 73.1 Å². The predicted octanol–water partition coefficient (Wildman–Crippen LogP) is 1.96. The Bertz CT molecular complexity index is 537. The summed E-state index contributed by atoms with van der Waals surface area (Å²) in [7, 11) is 0. The fraction of sp³-hybridized carbons (Fsp3) is 0.500. The molecule has 0 aliphatic carbocycles. The Kier molecular flexibility index (Phi) is 4.03. The molecule has 6 nitrogen and oxygen atoms in total. The van der Waals surface area contributed by atoms with Crippen molar-refractivity contribution < 1.29 is 9.26 Å². The maximum atomic E-state index is 5.35. The van der Waals surface area contributed by atoms with Crippen molar-refractivity contribution in [3.05, 3.63) is 30.4 Å². The highest BCUT2D eigenvalue weighted by Crippen LogP contribution is 2.19. The lowest BCUT2D eigenvalue weighted by atomic mass is 10.1. The van der Waals surface area contributed by atoms with Crippen molar-refractivity contribution in [3.63, 3.8) is 0 Å². The molecule has 1 N–H and O–H groups in total. The summed E-state index contributed by atoms with van der Waals surface area (Å²) in [6.07, 6.45) is 5.48. The van der Waals surface area contributed by atoms with E-state index in [-0.39, 0.29) is 6.04 Å². The van der Waals surface area contributed by atoms with Crippen molar-refractivity contribution in [2.75, 3.05) is 13.2 Å². The summed E-state index contributed by atoms with van der Waals surface area (Å²) in [4.78, 5) is 8.43. The molecule has 3 rings (SSSR count). The maximum absolute atomic E-state index is 5.35. The van der Waals surface area contributed by atoms with Crippen LogP contribution < -0.4 is 5.32 Å². The van der Waals surface area contributed by atoms with E-state index < -0.39 is 0 Å². The van der Waals surface area contributed by atoms with Gasteiger partial charge in [0.25, 0.3) is 0 Å². The van der Waals surface area contributed by atoms with Gasteiger partial charge in [-0.1, -0.05) is 5.16 Å². The van der Waals surface area contributed by atoms with Crippen LogP contribution in [0.2, 0.25) is 0 Å². The van der Waals surface area contributed by atoms with Crippen molar-refractivity contribution >= 4 is 0 Å². The molecule has 0 spiro atoms. The van der Waals surface area contributed by atoms with Gasteiger partial charge < -0.3 is 14.6 Å². The largest absolute Gasteiger partial charge is 0.381 e. The quantitative estimate of drug-likeness (QED) is 0.918. The smallest absolute Gasteiger partial charge is 0.243 e.